The molecule has 98 valence electrons. The molecule has 0 saturated heterocycles. The van der Waals surface area contributed by atoms with E-state index in [1.165, 1.54) is 0 Å². The molecular formula is C14H14N2O3. The second-order valence-corrected chi connectivity index (χ2v) is 4.36. The third kappa shape index (κ3) is 2.31. The summed E-state index contributed by atoms with van der Waals surface area (Å²) in [5.74, 6) is 1.32. The average Bonchev–Trinajstić information content (AvgIpc) is 3.03. The Morgan fingerprint density at radius 2 is 2.37 bits per heavy atom. The number of Topliss-reactive ketones (excluding diaryl/α,β-unsaturated/α-hetero) is 1. The van der Waals surface area contributed by atoms with Crippen LogP contribution in [0.15, 0.2) is 30.6 Å². The quantitative estimate of drug-likeness (QED) is 0.842. The average molecular weight is 258 g/mol. The van der Waals surface area contributed by atoms with Gasteiger partial charge in [-0.3, -0.25) is 9.48 Å². The van der Waals surface area contributed by atoms with Gasteiger partial charge in [-0.05, 0) is 19.1 Å². The van der Waals surface area contributed by atoms with Crippen molar-refractivity contribution in [1.82, 2.24) is 9.78 Å². The van der Waals surface area contributed by atoms with Crippen LogP contribution >= 0.6 is 0 Å². The normalized spacial score (nSPS) is 13.2. The molecule has 3 rings (SSSR count). The lowest BCUT2D eigenvalue weighted by molar-refractivity contribution is 0.0961. The highest BCUT2D eigenvalue weighted by atomic mass is 16.5. The monoisotopic (exact) mass is 258 g/mol. The Hall–Kier alpha value is -2.30. The van der Waals surface area contributed by atoms with Gasteiger partial charge in [-0.15, -0.1) is 0 Å². The molecule has 1 aliphatic heterocycles. The number of benzene rings is 1. The van der Waals surface area contributed by atoms with Crippen LogP contribution in [0, 0.1) is 0 Å². The van der Waals surface area contributed by atoms with Crippen molar-refractivity contribution in [3.05, 3.63) is 41.7 Å². The zero-order chi connectivity index (χ0) is 13.2. The lowest BCUT2D eigenvalue weighted by Gasteiger charge is -2.05. The number of carbonyl (C=O) groups excluding carboxylic acids is 1. The molecule has 0 unspecified atom stereocenters. The molecule has 2 aromatic rings. The van der Waals surface area contributed by atoms with Crippen molar-refractivity contribution in [3.63, 3.8) is 0 Å². The van der Waals surface area contributed by atoms with Gasteiger partial charge >= 0.3 is 0 Å². The molecule has 5 nitrogen and oxygen atoms in total. The van der Waals surface area contributed by atoms with E-state index in [2.05, 4.69) is 5.10 Å². The number of fused-ring (bicyclic) bond motifs is 1. The van der Waals surface area contributed by atoms with E-state index < -0.39 is 0 Å². The molecule has 0 atom stereocenters. The van der Waals surface area contributed by atoms with Gasteiger partial charge in [0.05, 0.1) is 11.8 Å². The maximum Gasteiger partial charge on any atom is 0.203 e. The van der Waals surface area contributed by atoms with Crippen molar-refractivity contribution in [2.24, 2.45) is 0 Å². The SMILES string of the molecule is CCn1cc(COc2ccc3c(c2)OCC3=O)cn1. The number of carbonyl (C=O) groups is 1. The van der Waals surface area contributed by atoms with E-state index in [4.69, 9.17) is 9.47 Å². The highest BCUT2D eigenvalue weighted by Crippen LogP contribution is 2.29. The van der Waals surface area contributed by atoms with E-state index in [1.807, 2.05) is 17.8 Å². The standard InChI is InChI=1S/C14H14N2O3/c1-2-16-7-10(6-15-16)8-18-11-3-4-12-13(17)9-19-14(12)5-11/h3-7H,2,8-9H2,1H3. The first-order chi connectivity index (χ1) is 9.26. The van der Waals surface area contributed by atoms with Crippen LogP contribution in [-0.2, 0) is 13.2 Å². The maximum atomic E-state index is 11.4. The minimum absolute atomic E-state index is 0.0192. The van der Waals surface area contributed by atoms with Crippen LogP contribution in [0.5, 0.6) is 11.5 Å². The van der Waals surface area contributed by atoms with Gasteiger partial charge in [-0.2, -0.15) is 5.10 Å². The summed E-state index contributed by atoms with van der Waals surface area (Å²) >= 11 is 0. The van der Waals surface area contributed by atoms with E-state index in [-0.39, 0.29) is 12.4 Å². The minimum Gasteiger partial charge on any atom is -0.489 e. The Balaban J connectivity index is 1.69. The molecule has 1 aliphatic rings. The molecule has 1 aromatic carbocycles. The molecule has 0 aliphatic carbocycles. The third-order valence-electron chi connectivity index (χ3n) is 3.03. The number of nitrogens with zero attached hydrogens (tertiary/aromatic N) is 2. The summed E-state index contributed by atoms with van der Waals surface area (Å²) in [4.78, 5) is 11.4. The highest BCUT2D eigenvalue weighted by Gasteiger charge is 2.21. The molecule has 2 heterocycles. The summed E-state index contributed by atoms with van der Waals surface area (Å²) in [5.41, 5.74) is 1.64. The molecule has 1 aromatic heterocycles. The van der Waals surface area contributed by atoms with Gasteiger partial charge in [0.1, 0.15) is 18.1 Å². The summed E-state index contributed by atoms with van der Waals surface area (Å²) < 4.78 is 12.8. The predicted octanol–water partition coefficient (Wildman–Crippen LogP) is 2.06. The van der Waals surface area contributed by atoms with Gasteiger partial charge in [-0.25, -0.2) is 0 Å². The van der Waals surface area contributed by atoms with E-state index in [0.717, 1.165) is 12.1 Å². The molecule has 0 N–H and O–H groups in total. The van der Waals surface area contributed by atoms with Crippen LogP contribution in [0.3, 0.4) is 0 Å². The minimum atomic E-state index is 0.0192. The van der Waals surface area contributed by atoms with E-state index in [9.17, 15) is 4.79 Å². The van der Waals surface area contributed by atoms with E-state index in [1.54, 1.807) is 24.4 Å². The fourth-order valence-electron chi connectivity index (χ4n) is 1.98. The van der Waals surface area contributed by atoms with Crippen molar-refractivity contribution in [2.45, 2.75) is 20.1 Å². The summed E-state index contributed by atoms with van der Waals surface area (Å²) in [6, 6.07) is 5.29. The molecule has 0 radical (unpaired) electrons. The third-order valence-corrected chi connectivity index (χ3v) is 3.03. The van der Waals surface area contributed by atoms with Gasteiger partial charge < -0.3 is 9.47 Å². The number of hydrogen-bond donors (Lipinski definition) is 0. The van der Waals surface area contributed by atoms with Crippen LogP contribution < -0.4 is 9.47 Å². The number of hydrogen-bond acceptors (Lipinski definition) is 4. The molecule has 5 heteroatoms. The first-order valence-electron chi connectivity index (χ1n) is 6.20. The first kappa shape index (κ1) is 11.8. The Labute approximate surface area is 110 Å². The van der Waals surface area contributed by atoms with Gasteiger partial charge in [0, 0.05) is 24.4 Å². The Bertz CT molecular complexity index is 619. The second kappa shape index (κ2) is 4.76. The van der Waals surface area contributed by atoms with Crippen LogP contribution in [-0.4, -0.2) is 22.2 Å². The van der Waals surface area contributed by atoms with Gasteiger partial charge in [0.15, 0.2) is 6.61 Å². The van der Waals surface area contributed by atoms with Crippen molar-refractivity contribution < 1.29 is 14.3 Å². The number of rotatable bonds is 4. The van der Waals surface area contributed by atoms with Gasteiger partial charge in [0.25, 0.3) is 0 Å². The largest absolute Gasteiger partial charge is 0.489 e. The lowest BCUT2D eigenvalue weighted by Crippen LogP contribution is -1.98. The fourth-order valence-corrected chi connectivity index (χ4v) is 1.98. The zero-order valence-electron chi connectivity index (χ0n) is 10.6. The smallest absolute Gasteiger partial charge is 0.203 e. The van der Waals surface area contributed by atoms with E-state index >= 15 is 0 Å². The Morgan fingerprint density at radius 3 is 3.16 bits per heavy atom. The number of aromatic nitrogens is 2. The zero-order valence-corrected chi connectivity index (χ0v) is 10.6. The lowest BCUT2D eigenvalue weighted by atomic mass is 10.1. The molecular weight excluding hydrogens is 244 g/mol. The van der Waals surface area contributed by atoms with Crippen molar-refractivity contribution in [2.75, 3.05) is 6.61 Å². The maximum absolute atomic E-state index is 11.4. The number of ketones is 1. The fraction of sp³-hybridized carbons (Fsp3) is 0.286. The van der Waals surface area contributed by atoms with E-state index in [0.29, 0.717) is 23.7 Å². The summed E-state index contributed by atoms with van der Waals surface area (Å²) in [6.07, 6.45) is 3.74. The summed E-state index contributed by atoms with van der Waals surface area (Å²) in [7, 11) is 0. The van der Waals surface area contributed by atoms with Crippen molar-refractivity contribution >= 4 is 5.78 Å². The molecule has 0 saturated carbocycles. The highest BCUT2D eigenvalue weighted by molar-refractivity contribution is 6.02. The van der Waals surface area contributed by atoms with Crippen LogP contribution in [0.1, 0.15) is 22.8 Å². The molecule has 0 fully saturated rings. The Morgan fingerprint density at radius 1 is 1.47 bits per heavy atom. The summed E-state index contributed by atoms with van der Waals surface area (Å²) in [5, 5.41) is 4.18. The van der Waals surface area contributed by atoms with Gasteiger partial charge in [-0.1, -0.05) is 0 Å². The number of aryl methyl sites for hydroxylation is 1. The molecule has 0 amide bonds. The summed E-state index contributed by atoms with van der Waals surface area (Å²) in [6.45, 7) is 3.45. The number of ether oxygens (including phenoxy) is 2. The van der Waals surface area contributed by atoms with Crippen LogP contribution in [0.4, 0.5) is 0 Å². The molecule has 19 heavy (non-hydrogen) atoms. The first-order valence-corrected chi connectivity index (χ1v) is 6.20. The predicted molar refractivity (Wildman–Crippen MR) is 68.5 cm³/mol. The van der Waals surface area contributed by atoms with Crippen molar-refractivity contribution in [1.29, 1.82) is 0 Å². The molecule has 0 spiro atoms. The van der Waals surface area contributed by atoms with Gasteiger partial charge in [0.2, 0.25) is 5.78 Å². The molecule has 0 bridgehead atoms. The topological polar surface area (TPSA) is 53.4 Å². The van der Waals surface area contributed by atoms with Crippen LogP contribution in [0.2, 0.25) is 0 Å². The van der Waals surface area contributed by atoms with Crippen molar-refractivity contribution in [3.8, 4) is 11.5 Å². The Kier molecular flexibility index (Phi) is 2.95. The van der Waals surface area contributed by atoms with Crippen LogP contribution in [0.25, 0.3) is 0 Å². The second-order valence-electron chi connectivity index (χ2n) is 4.36.